The van der Waals surface area contributed by atoms with Crippen molar-refractivity contribution in [2.75, 3.05) is 18.4 Å². The Morgan fingerprint density at radius 1 is 1.21 bits per heavy atom. The molecule has 1 N–H and O–H groups in total. The minimum absolute atomic E-state index is 0.0315. The van der Waals surface area contributed by atoms with E-state index in [0.29, 0.717) is 18.0 Å². The van der Waals surface area contributed by atoms with Crippen LogP contribution in [0.5, 0.6) is 0 Å². The third kappa shape index (κ3) is 3.59. The van der Waals surface area contributed by atoms with Crippen LogP contribution in [0.15, 0.2) is 42.7 Å². The fourth-order valence-corrected chi connectivity index (χ4v) is 3.85. The number of hydrogen-bond acceptors (Lipinski definition) is 4. The molecule has 1 aromatic carbocycles. The third-order valence-electron chi connectivity index (χ3n) is 5.54. The number of aryl methyl sites for hydroxylation is 1. The quantitative estimate of drug-likeness (QED) is 0.749. The van der Waals surface area contributed by atoms with E-state index in [4.69, 9.17) is 0 Å². The lowest BCUT2D eigenvalue weighted by atomic mass is 10.0. The number of hydrogen-bond donors (Lipinski definition) is 1. The van der Waals surface area contributed by atoms with Gasteiger partial charge in [-0.2, -0.15) is 5.10 Å². The van der Waals surface area contributed by atoms with Crippen LogP contribution in [0.1, 0.15) is 54.2 Å². The summed E-state index contributed by atoms with van der Waals surface area (Å²) in [6.45, 7) is 7.79. The Labute approximate surface area is 165 Å². The summed E-state index contributed by atoms with van der Waals surface area (Å²) in [5.41, 5.74) is 4.66. The number of nitrogens with one attached hydrogen (secondary N) is 1. The summed E-state index contributed by atoms with van der Waals surface area (Å²) >= 11 is 0. The predicted molar refractivity (Wildman–Crippen MR) is 111 cm³/mol. The Morgan fingerprint density at radius 3 is 2.75 bits per heavy atom. The second kappa shape index (κ2) is 7.62. The lowest BCUT2D eigenvalue weighted by Gasteiger charge is -2.34. The molecule has 0 radical (unpaired) electrons. The van der Waals surface area contributed by atoms with Crippen LogP contribution in [0.3, 0.4) is 0 Å². The van der Waals surface area contributed by atoms with Gasteiger partial charge in [-0.25, -0.2) is 9.50 Å². The van der Waals surface area contributed by atoms with Gasteiger partial charge in [0.15, 0.2) is 5.65 Å². The van der Waals surface area contributed by atoms with Crippen LogP contribution >= 0.6 is 0 Å². The Bertz CT molecular complexity index is 976. The zero-order valence-corrected chi connectivity index (χ0v) is 16.7. The third-order valence-corrected chi connectivity index (χ3v) is 5.54. The van der Waals surface area contributed by atoms with Gasteiger partial charge >= 0.3 is 0 Å². The number of carbonyl (C=O) groups excluding carboxylic acids is 1. The monoisotopic (exact) mass is 377 g/mol. The maximum absolute atomic E-state index is 13.1. The first-order chi connectivity index (χ1) is 13.5. The molecule has 1 fully saturated rings. The van der Waals surface area contributed by atoms with Crippen molar-refractivity contribution in [2.24, 2.45) is 0 Å². The molecule has 4 rings (SSSR count). The van der Waals surface area contributed by atoms with Crippen molar-refractivity contribution in [3.8, 4) is 0 Å². The summed E-state index contributed by atoms with van der Waals surface area (Å²) in [4.78, 5) is 19.4. The first kappa shape index (κ1) is 18.5. The van der Waals surface area contributed by atoms with Gasteiger partial charge in [0.1, 0.15) is 0 Å². The standard InChI is InChI=1S/C22H27N5O/c1-15(2)17-6-8-18(9-7-17)25-19-5-4-12-26(14-19)22(28)20-13-23-21-10-11-24-27(21)16(20)3/h6-11,13,15,19,25H,4-5,12,14H2,1-3H3/t19-/m1/s1. The molecule has 1 atom stereocenters. The lowest BCUT2D eigenvalue weighted by molar-refractivity contribution is 0.0713. The van der Waals surface area contributed by atoms with E-state index < -0.39 is 0 Å². The molecule has 0 saturated carbocycles. The molecule has 1 aliphatic heterocycles. The maximum atomic E-state index is 13.1. The highest BCUT2D eigenvalue weighted by molar-refractivity contribution is 5.95. The van der Waals surface area contributed by atoms with Gasteiger partial charge in [0, 0.05) is 37.1 Å². The van der Waals surface area contributed by atoms with Crippen molar-refractivity contribution in [1.82, 2.24) is 19.5 Å². The van der Waals surface area contributed by atoms with Crippen LogP contribution < -0.4 is 5.32 Å². The number of aromatic nitrogens is 3. The molecule has 0 bridgehead atoms. The molecule has 3 aromatic rings. The van der Waals surface area contributed by atoms with Crippen LogP contribution in [0, 0.1) is 6.92 Å². The lowest BCUT2D eigenvalue weighted by Crippen LogP contribution is -2.45. The van der Waals surface area contributed by atoms with Crippen molar-refractivity contribution < 1.29 is 4.79 Å². The van der Waals surface area contributed by atoms with Crippen molar-refractivity contribution in [1.29, 1.82) is 0 Å². The van der Waals surface area contributed by atoms with Crippen LogP contribution in [0.25, 0.3) is 5.65 Å². The van der Waals surface area contributed by atoms with Gasteiger partial charge in [-0.05, 0) is 43.4 Å². The van der Waals surface area contributed by atoms with Crippen LogP contribution in [-0.2, 0) is 0 Å². The number of carbonyl (C=O) groups is 1. The summed E-state index contributed by atoms with van der Waals surface area (Å²) in [7, 11) is 0. The smallest absolute Gasteiger partial charge is 0.257 e. The molecule has 0 spiro atoms. The van der Waals surface area contributed by atoms with Gasteiger partial charge in [-0.3, -0.25) is 4.79 Å². The molecule has 2 aromatic heterocycles. The molecule has 3 heterocycles. The molecule has 0 unspecified atom stereocenters. The number of benzene rings is 1. The molecular formula is C22H27N5O. The van der Waals surface area contributed by atoms with Crippen molar-refractivity contribution in [3.63, 3.8) is 0 Å². The molecule has 0 aliphatic carbocycles. The number of rotatable bonds is 4. The van der Waals surface area contributed by atoms with Crippen molar-refractivity contribution in [2.45, 2.75) is 45.6 Å². The van der Waals surface area contributed by atoms with E-state index in [1.165, 1.54) is 5.56 Å². The van der Waals surface area contributed by atoms with E-state index in [9.17, 15) is 4.79 Å². The summed E-state index contributed by atoms with van der Waals surface area (Å²) in [6, 6.07) is 10.7. The Morgan fingerprint density at radius 2 is 2.00 bits per heavy atom. The molecule has 28 heavy (non-hydrogen) atoms. The van der Waals surface area contributed by atoms with Gasteiger partial charge in [0.05, 0.1) is 17.5 Å². The van der Waals surface area contributed by atoms with Crippen molar-refractivity contribution in [3.05, 3.63) is 59.5 Å². The zero-order chi connectivity index (χ0) is 19.7. The van der Waals surface area contributed by atoms with E-state index in [-0.39, 0.29) is 11.9 Å². The Kier molecular flexibility index (Phi) is 5.03. The molecule has 1 saturated heterocycles. The summed E-state index contributed by atoms with van der Waals surface area (Å²) in [6.07, 6.45) is 5.43. The van der Waals surface area contributed by atoms with E-state index in [1.807, 2.05) is 17.9 Å². The fourth-order valence-electron chi connectivity index (χ4n) is 3.85. The Hall–Kier alpha value is -2.89. The molecule has 1 aliphatic rings. The second-order valence-corrected chi connectivity index (χ2v) is 7.87. The minimum atomic E-state index is 0.0315. The van der Waals surface area contributed by atoms with Gasteiger partial charge in [-0.15, -0.1) is 0 Å². The van der Waals surface area contributed by atoms with E-state index >= 15 is 0 Å². The Balaban J connectivity index is 1.46. The summed E-state index contributed by atoms with van der Waals surface area (Å²) < 4.78 is 1.73. The molecule has 1 amide bonds. The van der Waals surface area contributed by atoms with Gasteiger partial charge in [-0.1, -0.05) is 26.0 Å². The number of anilines is 1. The number of fused-ring (bicyclic) bond motifs is 1. The zero-order valence-electron chi connectivity index (χ0n) is 16.7. The van der Waals surface area contributed by atoms with Crippen LogP contribution in [-0.4, -0.2) is 44.5 Å². The SMILES string of the molecule is Cc1c(C(=O)N2CCC[C@@H](Nc3ccc(C(C)C)cc3)C2)cnc2ccnn12. The van der Waals surface area contributed by atoms with Gasteiger partial charge < -0.3 is 10.2 Å². The topological polar surface area (TPSA) is 62.5 Å². The predicted octanol–water partition coefficient (Wildman–Crippen LogP) is 3.88. The number of likely N-dealkylation sites (tertiary alicyclic amines) is 1. The highest BCUT2D eigenvalue weighted by atomic mass is 16.2. The largest absolute Gasteiger partial charge is 0.381 e. The summed E-state index contributed by atoms with van der Waals surface area (Å²) in [5, 5.41) is 7.86. The number of amides is 1. The molecule has 6 nitrogen and oxygen atoms in total. The van der Waals surface area contributed by atoms with E-state index in [2.05, 4.69) is 53.5 Å². The number of piperidine rings is 1. The van der Waals surface area contributed by atoms with Crippen LogP contribution in [0.4, 0.5) is 5.69 Å². The molecular weight excluding hydrogens is 350 g/mol. The van der Waals surface area contributed by atoms with Gasteiger partial charge in [0.25, 0.3) is 5.91 Å². The highest BCUT2D eigenvalue weighted by Crippen LogP contribution is 2.21. The maximum Gasteiger partial charge on any atom is 0.257 e. The molecule has 6 heteroatoms. The van der Waals surface area contributed by atoms with E-state index in [1.54, 1.807) is 16.9 Å². The molecule has 146 valence electrons. The van der Waals surface area contributed by atoms with Crippen LogP contribution in [0.2, 0.25) is 0 Å². The van der Waals surface area contributed by atoms with Crippen molar-refractivity contribution >= 4 is 17.2 Å². The summed E-state index contributed by atoms with van der Waals surface area (Å²) in [5.74, 6) is 0.560. The second-order valence-electron chi connectivity index (χ2n) is 7.87. The van der Waals surface area contributed by atoms with E-state index in [0.717, 1.165) is 36.4 Å². The average Bonchev–Trinajstić information content (AvgIpc) is 3.18. The first-order valence-electron chi connectivity index (χ1n) is 9.98. The normalized spacial score (nSPS) is 17.3. The minimum Gasteiger partial charge on any atom is -0.381 e. The number of nitrogens with zero attached hydrogens (tertiary/aromatic N) is 4. The average molecular weight is 377 g/mol. The first-order valence-corrected chi connectivity index (χ1v) is 9.98. The highest BCUT2D eigenvalue weighted by Gasteiger charge is 2.26. The fraction of sp³-hybridized carbons (Fsp3) is 0.409. The van der Waals surface area contributed by atoms with Gasteiger partial charge in [0.2, 0.25) is 0 Å².